The van der Waals surface area contributed by atoms with Crippen molar-refractivity contribution in [1.82, 2.24) is 14.9 Å². The molecule has 1 aliphatic heterocycles. The molecule has 8 heteroatoms. The molecule has 6 nitrogen and oxygen atoms in total. The maximum atomic E-state index is 12.9. The summed E-state index contributed by atoms with van der Waals surface area (Å²) in [7, 11) is 0. The molecule has 142 valence electrons. The summed E-state index contributed by atoms with van der Waals surface area (Å²) in [6.45, 7) is 2.80. The predicted octanol–water partition coefficient (Wildman–Crippen LogP) is 2.87. The summed E-state index contributed by atoms with van der Waals surface area (Å²) in [4.78, 5) is 33.3. The second-order valence-electron chi connectivity index (χ2n) is 6.63. The number of carbonyl (C=O) groups is 1. The normalized spacial score (nSPS) is 14.1. The lowest BCUT2D eigenvalue weighted by atomic mass is 10.3. The molecule has 0 aromatic carbocycles. The van der Waals surface area contributed by atoms with Crippen molar-refractivity contribution in [3.63, 3.8) is 0 Å². The Morgan fingerprint density at radius 3 is 2.81 bits per heavy atom. The first-order valence-corrected chi connectivity index (χ1v) is 11.0. The van der Waals surface area contributed by atoms with Crippen LogP contribution in [-0.4, -0.2) is 35.1 Å². The fourth-order valence-corrected chi connectivity index (χ4v) is 4.86. The van der Waals surface area contributed by atoms with E-state index in [1.54, 1.807) is 15.9 Å². The molecule has 1 amide bonds. The minimum atomic E-state index is -0.0386. The summed E-state index contributed by atoms with van der Waals surface area (Å²) >= 11 is 3.11. The Balaban J connectivity index is 1.45. The minimum Gasteiger partial charge on any atom is -0.356 e. The van der Waals surface area contributed by atoms with Gasteiger partial charge in [-0.1, -0.05) is 6.07 Å². The maximum Gasteiger partial charge on any atom is 0.272 e. The Hall–Kier alpha value is -2.19. The van der Waals surface area contributed by atoms with Gasteiger partial charge in [-0.3, -0.25) is 14.2 Å². The summed E-state index contributed by atoms with van der Waals surface area (Å²) in [5.74, 6) is 0.673. The summed E-state index contributed by atoms with van der Waals surface area (Å²) in [6, 6.07) is 5.98. The van der Waals surface area contributed by atoms with Gasteiger partial charge in [0.15, 0.2) is 0 Å². The van der Waals surface area contributed by atoms with Crippen LogP contribution in [0.2, 0.25) is 0 Å². The van der Waals surface area contributed by atoms with Gasteiger partial charge < -0.3 is 10.2 Å². The lowest BCUT2D eigenvalue weighted by Gasteiger charge is -2.21. The van der Waals surface area contributed by atoms with Crippen LogP contribution in [-0.2, 0) is 17.8 Å². The van der Waals surface area contributed by atoms with Gasteiger partial charge in [0.25, 0.3) is 5.56 Å². The Morgan fingerprint density at radius 1 is 1.19 bits per heavy atom. The molecule has 1 aliphatic rings. The van der Waals surface area contributed by atoms with Crippen LogP contribution in [0.25, 0.3) is 10.2 Å². The zero-order valence-corrected chi connectivity index (χ0v) is 16.7. The lowest BCUT2D eigenvalue weighted by molar-refractivity contribution is -0.121. The predicted molar refractivity (Wildman–Crippen MR) is 111 cm³/mol. The highest BCUT2D eigenvalue weighted by atomic mass is 32.1. The number of aromatic nitrogens is 2. The van der Waals surface area contributed by atoms with Crippen molar-refractivity contribution in [2.45, 2.75) is 32.2 Å². The van der Waals surface area contributed by atoms with Crippen molar-refractivity contribution in [3.8, 4) is 0 Å². The number of anilines is 1. The fourth-order valence-electron chi connectivity index (χ4n) is 3.37. The van der Waals surface area contributed by atoms with Crippen LogP contribution in [0, 0.1) is 0 Å². The molecule has 0 saturated carbocycles. The van der Waals surface area contributed by atoms with Gasteiger partial charge in [0.1, 0.15) is 4.70 Å². The van der Waals surface area contributed by atoms with E-state index >= 15 is 0 Å². The molecule has 27 heavy (non-hydrogen) atoms. The lowest BCUT2D eigenvalue weighted by Crippen LogP contribution is -2.33. The maximum absolute atomic E-state index is 12.9. The average molecular weight is 403 g/mol. The van der Waals surface area contributed by atoms with E-state index < -0.39 is 0 Å². The van der Waals surface area contributed by atoms with Crippen LogP contribution >= 0.6 is 22.7 Å². The molecular weight excluding hydrogens is 380 g/mol. The number of thiophene rings is 2. The van der Waals surface area contributed by atoms with Crippen molar-refractivity contribution >= 4 is 44.7 Å². The molecule has 3 aromatic rings. The molecule has 0 radical (unpaired) electrons. The van der Waals surface area contributed by atoms with E-state index in [9.17, 15) is 9.59 Å². The Kier molecular flexibility index (Phi) is 5.54. The van der Waals surface area contributed by atoms with E-state index in [0.717, 1.165) is 37.9 Å². The fraction of sp³-hybridized carbons (Fsp3) is 0.421. The topological polar surface area (TPSA) is 67.2 Å². The van der Waals surface area contributed by atoms with Gasteiger partial charge in [-0.05, 0) is 42.2 Å². The molecule has 1 fully saturated rings. The third-order valence-electron chi connectivity index (χ3n) is 4.77. The zero-order chi connectivity index (χ0) is 18.6. The first-order valence-electron chi connectivity index (χ1n) is 9.24. The van der Waals surface area contributed by atoms with Gasteiger partial charge in [-0.2, -0.15) is 0 Å². The van der Waals surface area contributed by atoms with Crippen molar-refractivity contribution in [1.29, 1.82) is 0 Å². The standard InChI is InChI=1S/C19H22N4O2S2/c24-16(20-8-5-14-4-3-12-26-14)6-11-23-18(25)17-15(7-13-27-17)21-19(23)22-9-1-2-10-22/h3-4,7,12-13H,1-2,5-6,8-11H2,(H,20,24). The number of hydrogen-bond donors (Lipinski definition) is 1. The second kappa shape index (κ2) is 8.22. The first kappa shape index (κ1) is 18.2. The quantitative estimate of drug-likeness (QED) is 0.660. The Labute approximate surface area is 165 Å². The van der Waals surface area contributed by atoms with Gasteiger partial charge in [-0.15, -0.1) is 22.7 Å². The highest BCUT2D eigenvalue weighted by Crippen LogP contribution is 2.22. The van der Waals surface area contributed by atoms with Crippen molar-refractivity contribution in [3.05, 3.63) is 44.2 Å². The molecule has 0 atom stereocenters. The van der Waals surface area contributed by atoms with Gasteiger partial charge in [0, 0.05) is 37.5 Å². The van der Waals surface area contributed by atoms with E-state index in [-0.39, 0.29) is 17.9 Å². The first-order chi connectivity index (χ1) is 13.2. The summed E-state index contributed by atoms with van der Waals surface area (Å²) < 4.78 is 2.35. The van der Waals surface area contributed by atoms with Crippen LogP contribution < -0.4 is 15.8 Å². The van der Waals surface area contributed by atoms with Crippen LogP contribution in [0.1, 0.15) is 24.1 Å². The number of fused-ring (bicyclic) bond motifs is 1. The number of hydrogen-bond acceptors (Lipinski definition) is 6. The third-order valence-corrected chi connectivity index (χ3v) is 6.60. The van der Waals surface area contributed by atoms with Crippen molar-refractivity contribution < 1.29 is 4.79 Å². The Bertz CT molecular complexity index is 971. The molecule has 0 bridgehead atoms. The van der Waals surface area contributed by atoms with E-state index in [2.05, 4.69) is 16.3 Å². The average Bonchev–Trinajstić information content (AvgIpc) is 3.42. The monoisotopic (exact) mass is 402 g/mol. The van der Waals surface area contributed by atoms with Crippen LogP contribution in [0.5, 0.6) is 0 Å². The third kappa shape index (κ3) is 4.06. The van der Waals surface area contributed by atoms with Crippen LogP contribution in [0.15, 0.2) is 33.8 Å². The van der Waals surface area contributed by atoms with Gasteiger partial charge >= 0.3 is 0 Å². The zero-order valence-electron chi connectivity index (χ0n) is 15.0. The molecule has 4 rings (SSSR count). The van der Waals surface area contributed by atoms with Gasteiger partial charge in [0.2, 0.25) is 11.9 Å². The molecule has 3 aromatic heterocycles. The molecule has 0 unspecified atom stereocenters. The van der Waals surface area contributed by atoms with Crippen molar-refractivity contribution in [2.75, 3.05) is 24.5 Å². The molecule has 1 saturated heterocycles. The SMILES string of the molecule is O=C(CCn1c(N2CCCC2)nc2ccsc2c1=O)NCCc1cccs1. The molecule has 0 aliphatic carbocycles. The number of nitrogens with one attached hydrogen (secondary N) is 1. The largest absolute Gasteiger partial charge is 0.356 e. The number of nitrogens with zero attached hydrogens (tertiary/aromatic N) is 3. The van der Waals surface area contributed by atoms with E-state index in [1.807, 2.05) is 22.9 Å². The van der Waals surface area contributed by atoms with Crippen LogP contribution in [0.3, 0.4) is 0 Å². The highest BCUT2D eigenvalue weighted by Gasteiger charge is 2.21. The van der Waals surface area contributed by atoms with Gasteiger partial charge in [-0.25, -0.2) is 4.98 Å². The minimum absolute atomic E-state index is 0.0305. The Morgan fingerprint density at radius 2 is 2.04 bits per heavy atom. The van der Waals surface area contributed by atoms with E-state index in [4.69, 9.17) is 4.98 Å². The smallest absolute Gasteiger partial charge is 0.272 e. The summed E-state index contributed by atoms with van der Waals surface area (Å²) in [5.41, 5.74) is 0.715. The highest BCUT2D eigenvalue weighted by molar-refractivity contribution is 7.17. The summed E-state index contributed by atoms with van der Waals surface area (Å²) in [5, 5.41) is 6.89. The molecule has 0 spiro atoms. The van der Waals surface area contributed by atoms with Crippen molar-refractivity contribution in [2.24, 2.45) is 0 Å². The van der Waals surface area contributed by atoms with E-state index in [1.165, 1.54) is 16.2 Å². The number of amides is 1. The molecular formula is C19H22N4O2S2. The van der Waals surface area contributed by atoms with E-state index in [0.29, 0.717) is 23.7 Å². The van der Waals surface area contributed by atoms with Gasteiger partial charge in [0.05, 0.1) is 5.52 Å². The second-order valence-corrected chi connectivity index (χ2v) is 8.58. The summed E-state index contributed by atoms with van der Waals surface area (Å²) in [6.07, 6.45) is 3.34. The molecule has 4 heterocycles. The van der Waals surface area contributed by atoms with Crippen LogP contribution in [0.4, 0.5) is 5.95 Å². The number of rotatable bonds is 7. The number of carbonyl (C=O) groups excluding carboxylic acids is 1. The molecule has 1 N–H and O–H groups in total.